The molecule has 1 saturated heterocycles. The van der Waals surface area contributed by atoms with Gasteiger partial charge in [-0.05, 0) is 70.0 Å². The van der Waals surface area contributed by atoms with Gasteiger partial charge in [-0.3, -0.25) is 0 Å². The van der Waals surface area contributed by atoms with Gasteiger partial charge in [0.1, 0.15) is 5.82 Å². The third-order valence-corrected chi connectivity index (χ3v) is 4.90. The number of hydrogen-bond donors (Lipinski definition) is 1. The Morgan fingerprint density at radius 2 is 2.05 bits per heavy atom. The first-order valence-corrected chi connectivity index (χ1v) is 7.88. The maximum absolute atomic E-state index is 4.85. The zero-order valence-electron chi connectivity index (χ0n) is 13.5. The largest absolute Gasteiger partial charge is 0.368 e. The van der Waals surface area contributed by atoms with Crippen LogP contribution in [0.15, 0.2) is 18.2 Å². The third kappa shape index (κ3) is 2.75. The van der Waals surface area contributed by atoms with E-state index in [-0.39, 0.29) is 0 Å². The number of pyridine rings is 1. The average Bonchev–Trinajstić information content (AvgIpc) is 2.86. The van der Waals surface area contributed by atoms with Crippen LogP contribution in [0.3, 0.4) is 0 Å². The van der Waals surface area contributed by atoms with E-state index in [9.17, 15) is 0 Å². The van der Waals surface area contributed by atoms with Crippen molar-refractivity contribution in [1.82, 2.24) is 9.88 Å². The van der Waals surface area contributed by atoms with Crippen molar-refractivity contribution >= 4 is 16.7 Å². The lowest BCUT2D eigenvalue weighted by Crippen LogP contribution is -2.31. The summed E-state index contributed by atoms with van der Waals surface area (Å²) >= 11 is 0. The lowest BCUT2D eigenvalue weighted by molar-refractivity contribution is 0.322. The molecule has 0 amide bonds. The van der Waals surface area contributed by atoms with Crippen LogP contribution in [0, 0.1) is 20.8 Å². The van der Waals surface area contributed by atoms with Gasteiger partial charge < -0.3 is 10.2 Å². The molecular formula is C18H25N3. The number of nitrogens with one attached hydrogen (secondary N) is 1. The molecule has 1 atom stereocenters. The molecule has 1 N–H and O–H groups in total. The number of aromatic nitrogens is 1. The number of hydrogen-bond acceptors (Lipinski definition) is 3. The van der Waals surface area contributed by atoms with Crippen molar-refractivity contribution in [3.63, 3.8) is 0 Å². The molecule has 1 aromatic heterocycles. The van der Waals surface area contributed by atoms with Gasteiger partial charge >= 0.3 is 0 Å². The number of anilines is 1. The van der Waals surface area contributed by atoms with Gasteiger partial charge in [-0.25, -0.2) is 4.98 Å². The van der Waals surface area contributed by atoms with E-state index in [0.717, 1.165) is 17.9 Å². The second-order valence-corrected chi connectivity index (χ2v) is 6.39. The van der Waals surface area contributed by atoms with E-state index in [1.165, 1.54) is 41.5 Å². The zero-order valence-corrected chi connectivity index (χ0v) is 13.5. The lowest BCUT2D eigenvalue weighted by atomic mass is 10.0. The van der Waals surface area contributed by atoms with Crippen molar-refractivity contribution in [2.24, 2.45) is 0 Å². The van der Waals surface area contributed by atoms with Crippen molar-refractivity contribution in [2.75, 3.05) is 25.5 Å². The summed E-state index contributed by atoms with van der Waals surface area (Å²) in [4.78, 5) is 7.29. The summed E-state index contributed by atoms with van der Waals surface area (Å²) in [6.07, 6.45) is 2.60. The first-order chi connectivity index (χ1) is 10.1. The van der Waals surface area contributed by atoms with Gasteiger partial charge in [0.2, 0.25) is 0 Å². The first-order valence-electron chi connectivity index (χ1n) is 7.88. The van der Waals surface area contributed by atoms with Crippen LogP contribution < -0.4 is 5.32 Å². The van der Waals surface area contributed by atoms with Crippen LogP contribution in [-0.4, -0.2) is 36.1 Å². The van der Waals surface area contributed by atoms with Crippen molar-refractivity contribution in [3.05, 3.63) is 34.9 Å². The highest BCUT2D eigenvalue weighted by Crippen LogP contribution is 2.25. The van der Waals surface area contributed by atoms with Gasteiger partial charge in [0, 0.05) is 18.0 Å². The van der Waals surface area contributed by atoms with Gasteiger partial charge in [-0.15, -0.1) is 0 Å². The van der Waals surface area contributed by atoms with Gasteiger partial charge in [-0.1, -0.05) is 12.1 Å². The van der Waals surface area contributed by atoms with Crippen molar-refractivity contribution in [3.8, 4) is 0 Å². The van der Waals surface area contributed by atoms with Crippen LogP contribution in [-0.2, 0) is 0 Å². The van der Waals surface area contributed by atoms with E-state index in [0.29, 0.717) is 6.04 Å². The van der Waals surface area contributed by atoms with Gasteiger partial charge in [-0.2, -0.15) is 0 Å². The molecule has 1 unspecified atom stereocenters. The fourth-order valence-electron chi connectivity index (χ4n) is 3.25. The van der Waals surface area contributed by atoms with E-state index in [1.54, 1.807) is 0 Å². The zero-order chi connectivity index (χ0) is 15.0. The summed E-state index contributed by atoms with van der Waals surface area (Å²) in [6, 6.07) is 7.19. The number of benzene rings is 1. The minimum absolute atomic E-state index is 0.640. The van der Waals surface area contributed by atoms with Crippen LogP contribution in [0.25, 0.3) is 10.9 Å². The van der Waals surface area contributed by atoms with Crippen molar-refractivity contribution < 1.29 is 0 Å². The fraction of sp³-hybridized carbons (Fsp3) is 0.500. The van der Waals surface area contributed by atoms with Crippen molar-refractivity contribution in [2.45, 2.75) is 39.7 Å². The molecule has 1 aliphatic rings. The van der Waals surface area contributed by atoms with Gasteiger partial charge in [0.05, 0.1) is 5.52 Å². The topological polar surface area (TPSA) is 28.2 Å². The molecule has 0 radical (unpaired) electrons. The summed E-state index contributed by atoms with van der Waals surface area (Å²) < 4.78 is 0. The second-order valence-electron chi connectivity index (χ2n) is 6.39. The Morgan fingerprint density at radius 1 is 1.24 bits per heavy atom. The maximum atomic E-state index is 4.85. The Labute approximate surface area is 127 Å². The van der Waals surface area contributed by atoms with E-state index < -0.39 is 0 Å². The molecule has 2 aromatic rings. The average molecular weight is 283 g/mol. The molecule has 1 aliphatic heterocycles. The Balaban J connectivity index is 1.87. The molecule has 112 valence electrons. The Kier molecular flexibility index (Phi) is 3.85. The van der Waals surface area contributed by atoms with Gasteiger partial charge in [0.15, 0.2) is 0 Å². The second kappa shape index (κ2) is 5.64. The molecule has 1 fully saturated rings. The SMILES string of the molecule is Cc1ccc2c(C)cc(NCC3CCCN3C)nc2c1C. The number of nitrogens with zero attached hydrogens (tertiary/aromatic N) is 2. The van der Waals surface area contributed by atoms with E-state index in [2.05, 4.69) is 56.2 Å². The number of rotatable bonds is 3. The number of likely N-dealkylation sites (N-methyl/N-ethyl adjacent to an activating group) is 1. The van der Waals surface area contributed by atoms with Gasteiger partial charge in [0.25, 0.3) is 0 Å². The summed E-state index contributed by atoms with van der Waals surface area (Å²) in [5.74, 6) is 1.01. The normalized spacial score (nSPS) is 19.3. The predicted molar refractivity (Wildman–Crippen MR) is 90.1 cm³/mol. The van der Waals surface area contributed by atoms with Crippen LogP contribution in [0.5, 0.6) is 0 Å². The highest BCUT2D eigenvalue weighted by molar-refractivity contribution is 5.87. The van der Waals surface area contributed by atoms with Crippen LogP contribution in [0.1, 0.15) is 29.5 Å². The van der Waals surface area contributed by atoms with Crippen LogP contribution >= 0.6 is 0 Å². The van der Waals surface area contributed by atoms with E-state index >= 15 is 0 Å². The standard InChI is InChI=1S/C18H25N3/c1-12-7-8-16-13(2)10-17(20-18(16)14(12)3)19-11-15-6-5-9-21(15)4/h7-8,10,15H,5-6,9,11H2,1-4H3,(H,19,20). The summed E-state index contributed by atoms with van der Waals surface area (Å²) in [5.41, 5.74) is 5.03. The molecule has 0 spiro atoms. The number of aryl methyl sites for hydroxylation is 3. The Bertz CT molecular complexity index is 663. The smallest absolute Gasteiger partial charge is 0.126 e. The molecular weight excluding hydrogens is 258 g/mol. The van der Waals surface area contributed by atoms with E-state index in [4.69, 9.17) is 4.98 Å². The summed E-state index contributed by atoms with van der Waals surface area (Å²) in [5, 5.41) is 4.81. The first kappa shape index (κ1) is 14.3. The molecule has 3 heteroatoms. The quantitative estimate of drug-likeness (QED) is 0.931. The maximum Gasteiger partial charge on any atom is 0.126 e. The van der Waals surface area contributed by atoms with Crippen molar-refractivity contribution in [1.29, 1.82) is 0 Å². The lowest BCUT2D eigenvalue weighted by Gasteiger charge is -2.20. The minimum atomic E-state index is 0.640. The molecule has 2 heterocycles. The van der Waals surface area contributed by atoms with Crippen LogP contribution in [0.4, 0.5) is 5.82 Å². The molecule has 0 saturated carbocycles. The molecule has 3 nitrogen and oxygen atoms in total. The number of likely N-dealkylation sites (tertiary alicyclic amines) is 1. The summed E-state index contributed by atoms with van der Waals surface area (Å²) in [6.45, 7) is 8.69. The fourth-order valence-corrected chi connectivity index (χ4v) is 3.25. The molecule has 1 aromatic carbocycles. The third-order valence-electron chi connectivity index (χ3n) is 4.90. The monoisotopic (exact) mass is 283 g/mol. The Hall–Kier alpha value is -1.61. The summed E-state index contributed by atoms with van der Waals surface area (Å²) in [7, 11) is 2.21. The highest BCUT2D eigenvalue weighted by Gasteiger charge is 2.20. The highest BCUT2D eigenvalue weighted by atomic mass is 15.2. The van der Waals surface area contributed by atoms with E-state index in [1.807, 2.05) is 0 Å². The van der Waals surface area contributed by atoms with Crippen LogP contribution in [0.2, 0.25) is 0 Å². The Morgan fingerprint density at radius 3 is 2.76 bits per heavy atom. The predicted octanol–water partition coefficient (Wildman–Crippen LogP) is 3.67. The molecule has 0 bridgehead atoms. The molecule has 3 rings (SSSR count). The molecule has 0 aliphatic carbocycles. The minimum Gasteiger partial charge on any atom is -0.368 e. The molecule has 21 heavy (non-hydrogen) atoms. The number of fused-ring (bicyclic) bond motifs is 1.